The van der Waals surface area contributed by atoms with Crippen molar-refractivity contribution in [1.29, 1.82) is 0 Å². The molecule has 0 radical (unpaired) electrons. The van der Waals surface area contributed by atoms with Crippen molar-refractivity contribution in [2.75, 3.05) is 27.1 Å². The summed E-state index contributed by atoms with van der Waals surface area (Å²) in [6, 6.07) is 11.6. The van der Waals surface area contributed by atoms with Crippen molar-refractivity contribution in [3.63, 3.8) is 0 Å². The molecular formula is C18H17NO6S. The summed E-state index contributed by atoms with van der Waals surface area (Å²) in [6.07, 6.45) is 0. The maximum Gasteiger partial charge on any atom is 0.245 e. The molecule has 1 heterocycles. The molecule has 0 saturated heterocycles. The van der Waals surface area contributed by atoms with E-state index < -0.39 is 10.0 Å². The molecule has 0 amide bonds. The number of sulfonamides is 1. The largest absolute Gasteiger partial charge is 0.495 e. The molecule has 8 heteroatoms. The molecule has 7 nitrogen and oxygen atoms in total. The second-order valence-electron chi connectivity index (χ2n) is 5.13. The van der Waals surface area contributed by atoms with Crippen LogP contribution in [0, 0.1) is 11.8 Å². The second-order valence-corrected chi connectivity index (χ2v) is 6.87. The minimum absolute atomic E-state index is 0.0368. The lowest BCUT2D eigenvalue weighted by molar-refractivity contribution is 0.174. The van der Waals surface area contributed by atoms with E-state index in [9.17, 15) is 8.42 Å². The first-order valence-electron chi connectivity index (χ1n) is 7.71. The summed E-state index contributed by atoms with van der Waals surface area (Å²) in [4.78, 5) is 0.0703. The molecule has 136 valence electrons. The Morgan fingerprint density at radius 1 is 1.12 bits per heavy atom. The van der Waals surface area contributed by atoms with Crippen LogP contribution < -0.4 is 23.7 Å². The molecule has 1 aliphatic rings. The number of ether oxygens (including phenoxy) is 4. The van der Waals surface area contributed by atoms with Crippen molar-refractivity contribution in [3.8, 4) is 34.8 Å². The van der Waals surface area contributed by atoms with E-state index >= 15 is 0 Å². The Morgan fingerprint density at radius 2 is 1.92 bits per heavy atom. The van der Waals surface area contributed by atoms with Crippen molar-refractivity contribution in [1.82, 2.24) is 4.72 Å². The maximum absolute atomic E-state index is 12.3. The van der Waals surface area contributed by atoms with Crippen LogP contribution in [0.3, 0.4) is 0 Å². The van der Waals surface area contributed by atoms with Crippen molar-refractivity contribution >= 4 is 10.0 Å². The van der Waals surface area contributed by atoms with Gasteiger partial charge in [-0.25, -0.2) is 8.42 Å². The topological polar surface area (TPSA) is 83.1 Å². The molecule has 1 N–H and O–H groups in total. The summed E-state index contributed by atoms with van der Waals surface area (Å²) in [5.41, 5.74) is 0. The Balaban J connectivity index is 1.51. The molecule has 0 bridgehead atoms. The van der Waals surface area contributed by atoms with Gasteiger partial charge in [0.15, 0.2) is 11.5 Å². The third kappa shape index (κ3) is 4.20. The number of fused-ring (bicyclic) bond motifs is 1. The third-order valence-electron chi connectivity index (χ3n) is 3.49. The molecule has 0 fully saturated rings. The van der Waals surface area contributed by atoms with Gasteiger partial charge in [-0.05, 0) is 24.3 Å². The highest BCUT2D eigenvalue weighted by Gasteiger charge is 2.17. The van der Waals surface area contributed by atoms with Gasteiger partial charge in [-0.15, -0.1) is 0 Å². The standard InChI is InChI=1S/C18H17NO6S/c1-22-16-6-2-3-7-18(16)26(20,21)19-10-4-5-11-23-14-8-9-15-17(12-14)25-13-24-15/h2-3,6-9,12,19H,10-11,13H2,1H3. The van der Waals surface area contributed by atoms with Gasteiger partial charge in [-0.1, -0.05) is 24.0 Å². The van der Waals surface area contributed by atoms with Crippen LogP contribution in [0.4, 0.5) is 0 Å². The number of hydrogen-bond donors (Lipinski definition) is 1. The molecule has 0 saturated carbocycles. The van der Waals surface area contributed by atoms with E-state index in [0.29, 0.717) is 17.2 Å². The molecule has 2 aromatic carbocycles. The smallest absolute Gasteiger partial charge is 0.245 e. The third-order valence-corrected chi connectivity index (χ3v) is 4.93. The average molecular weight is 375 g/mol. The van der Waals surface area contributed by atoms with Crippen LogP contribution in [0.15, 0.2) is 47.4 Å². The van der Waals surface area contributed by atoms with Crippen molar-refractivity contribution in [2.45, 2.75) is 4.90 Å². The van der Waals surface area contributed by atoms with E-state index in [0.717, 1.165) is 0 Å². The monoisotopic (exact) mass is 375 g/mol. The van der Waals surface area contributed by atoms with Crippen molar-refractivity contribution < 1.29 is 27.4 Å². The fraction of sp³-hybridized carbons (Fsp3) is 0.222. The van der Waals surface area contributed by atoms with Crippen LogP contribution in [0.5, 0.6) is 23.0 Å². The van der Waals surface area contributed by atoms with Gasteiger partial charge in [0, 0.05) is 6.07 Å². The second kappa shape index (κ2) is 7.99. The summed E-state index contributed by atoms with van der Waals surface area (Å²) in [5, 5.41) is 0. The van der Waals surface area contributed by atoms with Gasteiger partial charge in [-0.2, -0.15) is 4.72 Å². The fourth-order valence-corrected chi connectivity index (χ4v) is 3.34. The van der Waals surface area contributed by atoms with E-state index in [-0.39, 0.29) is 30.6 Å². The van der Waals surface area contributed by atoms with E-state index in [1.807, 2.05) is 0 Å². The normalized spacial score (nSPS) is 12.2. The Morgan fingerprint density at radius 3 is 2.77 bits per heavy atom. The maximum atomic E-state index is 12.3. The minimum Gasteiger partial charge on any atom is -0.495 e. The zero-order valence-corrected chi connectivity index (χ0v) is 14.8. The highest BCUT2D eigenvalue weighted by molar-refractivity contribution is 7.89. The van der Waals surface area contributed by atoms with E-state index in [2.05, 4.69) is 16.6 Å². The molecule has 1 aliphatic heterocycles. The predicted octanol–water partition coefficient (Wildman–Crippen LogP) is 1.78. The molecule has 2 aromatic rings. The molecule has 0 atom stereocenters. The fourth-order valence-electron chi connectivity index (χ4n) is 2.25. The molecule has 0 unspecified atom stereocenters. The highest BCUT2D eigenvalue weighted by atomic mass is 32.2. The van der Waals surface area contributed by atoms with Crippen LogP contribution in [0.2, 0.25) is 0 Å². The number of hydrogen-bond acceptors (Lipinski definition) is 6. The van der Waals surface area contributed by atoms with Crippen LogP contribution in [-0.2, 0) is 10.0 Å². The summed E-state index contributed by atoms with van der Waals surface area (Å²) < 4.78 is 47.9. The summed E-state index contributed by atoms with van der Waals surface area (Å²) in [6.45, 7) is 0.284. The molecule has 3 rings (SSSR count). The molecule has 26 heavy (non-hydrogen) atoms. The lowest BCUT2D eigenvalue weighted by atomic mass is 10.3. The van der Waals surface area contributed by atoms with Crippen LogP contribution in [0.25, 0.3) is 0 Å². The Hall–Kier alpha value is -2.89. The number of nitrogens with one attached hydrogen (secondary N) is 1. The van der Waals surface area contributed by atoms with Crippen molar-refractivity contribution in [3.05, 3.63) is 42.5 Å². The first-order valence-corrected chi connectivity index (χ1v) is 9.19. The summed E-state index contributed by atoms with van der Waals surface area (Å²) in [7, 11) is -2.28. The van der Waals surface area contributed by atoms with Gasteiger partial charge >= 0.3 is 0 Å². The molecule has 0 spiro atoms. The number of methoxy groups -OCH3 is 1. The lowest BCUT2D eigenvalue weighted by Gasteiger charge is -2.08. The number of benzene rings is 2. The lowest BCUT2D eigenvalue weighted by Crippen LogP contribution is -2.24. The van der Waals surface area contributed by atoms with E-state index in [4.69, 9.17) is 18.9 Å². The molecule has 0 aliphatic carbocycles. The summed E-state index contributed by atoms with van der Waals surface area (Å²) in [5.74, 6) is 7.63. The van der Waals surface area contributed by atoms with Gasteiger partial charge in [-0.3, -0.25) is 0 Å². The van der Waals surface area contributed by atoms with Gasteiger partial charge in [0.2, 0.25) is 16.8 Å². The van der Waals surface area contributed by atoms with Crippen molar-refractivity contribution in [2.24, 2.45) is 0 Å². The van der Waals surface area contributed by atoms with Crippen LogP contribution >= 0.6 is 0 Å². The SMILES string of the molecule is COc1ccccc1S(=O)(=O)NCC#CCOc1ccc2c(c1)OCO2. The Labute approximate surface area is 151 Å². The van der Waals surface area contributed by atoms with Gasteiger partial charge in [0.25, 0.3) is 0 Å². The molecular weight excluding hydrogens is 358 g/mol. The predicted molar refractivity (Wildman–Crippen MR) is 94.0 cm³/mol. The Bertz CT molecular complexity index is 946. The minimum atomic E-state index is -3.70. The first-order chi connectivity index (χ1) is 12.6. The van der Waals surface area contributed by atoms with E-state index in [1.54, 1.807) is 36.4 Å². The summed E-state index contributed by atoms with van der Waals surface area (Å²) >= 11 is 0. The number of rotatable bonds is 6. The van der Waals surface area contributed by atoms with Crippen LogP contribution in [-0.4, -0.2) is 35.5 Å². The van der Waals surface area contributed by atoms with Gasteiger partial charge in [0.05, 0.1) is 13.7 Å². The zero-order valence-electron chi connectivity index (χ0n) is 14.0. The number of para-hydroxylation sites is 1. The van der Waals surface area contributed by atoms with Crippen LogP contribution in [0.1, 0.15) is 0 Å². The zero-order chi connectivity index (χ0) is 18.4. The van der Waals surface area contributed by atoms with E-state index in [1.165, 1.54) is 13.2 Å². The van der Waals surface area contributed by atoms with Gasteiger partial charge < -0.3 is 18.9 Å². The average Bonchev–Trinajstić information content (AvgIpc) is 3.12. The first kappa shape index (κ1) is 17.9. The molecule has 0 aromatic heterocycles. The van der Waals surface area contributed by atoms with Gasteiger partial charge in [0.1, 0.15) is 23.0 Å². The Kier molecular flexibility index (Phi) is 5.51. The highest BCUT2D eigenvalue weighted by Crippen LogP contribution is 2.34. The quantitative estimate of drug-likeness (QED) is 0.775.